The van der Waals surface area contributed by atoms with Gasteiger partial charge in [0, 0.05) is 11.3 Å². The monoisotopic (exact) mass is 487 g/mol. The number of aromatic nitrogens is 1. The molecule has 0 bridgehead atoms. The molecule has 35 heavy (non-hydrogen) atoms. The van der Waals surface area contributed by atoms with Crippen LogP contribution in [0.2, 0.25) is 0 Å². The third-order valence-electron chi connectivity index (χ3n) is 5.92. The first-order valence-electron chi connectivity index (χ1n) is 11.6. The molecular formula is C28H29N3O3S. The summed E-state index contributed by atoms with van der Waals surface area (Å²) in [6.07, 6.45) is 1.08. The molecule has 0 spiro atoms. The summed E-state index contributed by atoms with van der Waals surface area (Å²) >= 11 is 5.27. The maximum atomic E-state index is 12.2. The summed E-state index contributed by atoms with van der Waals surface area (Å²) in [4.78, 5) is 16.9. The van der Waals surface area contributed by atoms with Gasteiger partial charge in [0.25, 0.3) is 5.91 Å². The van der Waals surface area contributed by atoms with Crippen molar-refractivity contribution in [2.75, 3.05) is 11.9 Å². The largest absolute Gasteiger partial charge is 0.483 e. The summed E-state index contributed by atoms with van der Waals surface area (Å²) in [6, 6.07) is 19.5. The van der Waals surface area contributed by atoms with Gasteiger partial charge in [-0.1, -0.05) is 37.6 Å². The van der Waals surface area contributed by atoms with Gasteiger partial charge in [0.05, 0.1) is 0 Å². The van der Waals surface area contributed by atoms with Crippen molar-refractivity contribution in [3.05, 3.63) is 77.4 Å². The van der Waals surface area contributed by atoms with Crippen molar-refractivity contribution in [3.8, 4) is 17.2 Å². The van der Waals surface area contributed by atoms with E-state index in [2.05, 4.69) is 41.6 Å². The van der Waals surface area contributed by atoms with Crippen LogP contribution in [0.4, 0.5) is 5.69 Å². The van der Waals surface area contributed by atoms with E-state index in [-0.39, 0.29) is 17.6 Å². The Balaban J connectivity index is 1.33. The number of benzene rings is 3. The molecule has 1 aromatic heterocycles. The fraction of sp³-hybridized carbons (Fsp3) is 0.250. The maximum absolute atomic E-state index is 12.2. The first kappa shape index (κ1) is 24.4. The van der Waals surface area contributed by atoms with E-state index < -0.39 is 0 Å². The van der Waals surface area contributed by atoms with Crippen molar-refractivity contribution < 1.29 is 13.9 Å². The average molecular weight is 488 g/mol. The van der Waals surface area contributed by atoms with Gasteiger partial charge in [0.1, 0.15) is 11.3 Å². The summed E-state index contributed by atoms with van der Waals surface area (Å²) < 4.78 is 11.6. The van der Waals surface area contributed by atoms with Crippen molar-refractivity contribution in [3.63, 3.8) is 0 Å². The smallest absolute Gasteiger partial charge is 0.264 e. The normalized spacial score (nSPS) is 11.8. The number of nitrogens with one attached hydrogen (secondary N) is 2. The minimum atomic E-state index is -0.331. The number of amides is 1. The minimum absolute atomic E-state index is 0.124. The van der Waals surface area contributed by atoms with E-state index in [4.69, 9.17) is 21.4 Å². The number of oxazole rings is 1. The number of hydrogen-bond acceptors (Lipinski definition) is 5. The molecule has 0 unspecified atom stereocenters. The third-order valence-corrected chi connectivity index (χ3v) is 6.13. The molecule has 7 heteroatoms. The van der Waals surface area contributed by atoms with E-state index in [1.807, 2.05) is 62.4 Å². The van der Waals surface area contributed by atoms with Gasteiger partial charge in [-0.3, -0.25) is 10.1 Å². The highest BCUT2D eigenvalue weighted by atomic mass is 32.1. The molecule has 0 aliphatic carbocycles. The number of anilines is 1. The van der Waals surface area contributed by atoms with Gasteiger partial charge >= 0.3 is 0 Å². The second-order valence-electron chi connectivity index (χ2n) is 8.69. The lowest BCUT2D eigenvalue weighted by atomic mass is 9.98. The molecule has 180 valence electrons. The van der Waals surface area contributed by atoms with E-state index in [0.29, 0.717) is 17.6 Å². The van der Waals surface area contributed by atoms with Crippen LogP contribution in [0.3, 0.4) is 0 Å². The second kappa shape index (κ2) is 10.7. The van der Waals surface area contributed by atoms with E-state index in [1.165, 1.54) is 5.56 Å². The number of nitrogens with zero attached hydrogens (tertiary/aromatic N) is 1. The Hall–Kier alpha value is -3.71. The molecule has 1 amide bonds. The van der Waals surface area contributed by atoms with E-state index >= 15 is 0 Å². The quantitative estimate of drug-likeness (QED) is 0.289. The number of fused-ring (bicyclic) bond motifs is 1. The molecule has 0 aliphatic rings. The number of carbonyl (C=O) groups excluding carboxylic acids is 1. The molecule has 0 saturated carbocycles. The lowest BCUT2D eigenvalue weighted by molar-refractivity contribution is -0.121. The lowest BCUT2D eigenvalue weighted by Gasteiger charge is -2.12. The summed E-state index contributed by atoms with van der Waals surface area (Å²) in [6.45, 7) is 8.22. The highest BCUT2D eigenvalue weighted by molar-refractivity contribution is 7.80. The Morgan fingerprint density at radius 2 is 1.86 bits per heavy atom. The summed E-state index contributed by atoms with van der Waals surface area (Å²) in [5, 5.41) is 5.85. The number of carbonyl (C=O) groups is 1. The lowest BCUT2D eigenvalue weighted by Crippen LogP contribution is -2.37. The molecule has 0 saturated heterocycles. The molecule has 1 heterocycles. The van der Waals surface area contributed by atoms with Crippen LogP contribution >= 0.6 is 12.2 Å². The molecule has 4 rings (SSSR count). The Morgan fingerprint density at radius 3 is 2.57 bits per heavy atom. The molecule has 2 N–H and O–H groups in total. The van der Waals surface area contributed by atoms with Gasteiger partial charge in [0.15, 0.2) is 17.3 Å². The number of aryl methyl sites for hydroxylation is 2. The van der Waals surface area contributed by atoms with Crippen LogP contribution < -0.4 is 15.4 Å². The average Bonchev–Trinajstić information content (AvgIpc) is 3.27. The minimum Gasteiger partial charge on any atom is -0.483 e. The van der Waals surface area contributed by atoms with Gasteiger partial charge in [-0.2, -0.15) is 0 Å². The van der Waals surface area contributed by atoms with Crippen molar-refractivity contribution in [1.82, 2.24) is 10.3 Å². The number of ether oxygens (including phenoxy) is 1. The van der Waals surface area contributed by atoms with Crippen molar-refractivity contribution in [2.45, 2.75) is 40.0 Å². The molecule has 6 nitrogen and oxygen atoms in total. The number of rotatable bonds is 7. The number of hydrogen-bond donors (Lipinski definition) is 2. The molecule has 3 aromatic carbocycles. The Bertz CT molecular complexity index is 1360. The van der Waals surface area contributed by atoms with Gasteiger partial charge in [-0.25, -0.2) is 4.98 Å². The maximum Gasteiger partial charge on any atom is 0.264 e. The first-order chi connectivity index (χ1) is 16.8. The molecule has 0 fully saturated rings. The summed E-state index contributed by atoms with van der Waals surface area (Å²) in [5.41, 5.74) is 6.59. The standard InChI is InChI=1S/C28H29N3O3S/c1-5-18(3)21-9-13-25-23(15-21)30-27(34-25)20-7-10-22(11-8-20)29-28(35)31-26(32)16-33-24-12-6-17(2)14-19(24)4/h6-15,18H,5,16H2,1-4H3,(H2,29,31,32,35)/t18-/m1/s1. The fourth-order valence-electron chi connectivity index (χ4n) is 3.74. The Labute approximate surface area is 210 Å². The zero-order chi connectivity index (χ0) is 24.9. The second-order valence-corrected chi connectivity index (χ2v) is 9.10. The zero-order valence-corrected chi connectivity index (χ0v) is 21.2. The van der Waals surface area contributed by atoms with Gasteiger partial charge in [-0.05, 0) is 92.0 Å². The molecule has 4 aromatic rings. The summed E-state index contributed by atoms with van der Waals surface area (Å²) in [5.74, 6) is 1.39. The van der Waals surface area contributed by atoms with Gasteiger partial charge in [-0.15, -0.1) is 0 Å². The van der Waals surface area contributed by atoms with Crippen molar-refractivity contribution in [2.24, 2.45) is 0 Å². The molecule has 1 atom stereocenters. The van der Waals surface area contributed by atoms with Crippen LogP contribution in [0.15, 0.2) is 65.1 Å². The highest BCUT2D eigenvalue weighted by Crippen LogP contribution is 2.28. The topological polar surface area (TPSA) is 76.4 Å². The van der Waals surface area contributed by atoms with Gasteiger partial charge < -0.3 is 14.5 Å². The third kappa shape index (κ3) is 6.05. The Morgan fingerprint density at radius 1 is 1.09 bits per heavy atom. The zero-order valence-electron chi connectivity index (χ0n) is 20.3. The van der Waals surface area contributed by atoms with E-state index in [0.717, 1.165) is 39.9 Å². The van der Waals surface area contributed by atoms with Crippen molar-refractivity contribution in [1.29, 1.82) is 0 Å². The van der Waals surface area contributed by atoms with E-state index in [9.17, 15) is 4.79 Å². The Kier molecular flexibility index (Phi) is 7.46. The highest BCUT2D eigenvalue weighted by Gasteiger charge is 2.12. The van der Waals surface area contributed by atoms with Crippen LogP contribution in [0.25, 0.3) is 22.6 Å². The predicted octanol–water partition coefficient (Wildman–Crippen LogP) is 6.52. The van der Waals surface area contributed by atoms with Gasteiger partial charge in [0.2, 0.25) is 5.89 Å². The summed E-state index contributed by atoms with van der Waals surface area (Å²) in [7, 11) is 0. The van der Waals surface area contributed by atoms with Crippen LogP contribution in [0.5, 0.6) is 5.75 Å². The first-order valence-corrected chi connectivity index (χ1v) is 12.0. The SMILES string of the molecule is CC[C@@H](C)c1ccc2oc(-c3ccc(NC(=S)NC(=O)COc4ccc(C)cc4C)cc3)nc2c1. The molecule has 0 aliphatic heterocycles. The van der Waals surface area contributed by atoms with Crippen LogP contribution in [-0.4, -0.2) is 22.6 Å². The molecule has 0 radical (unpaired) electrons. The van der Waals surface area contributed by atoms with Crippen LogP contribution in [0, 0.1) is 13.8 Å². The predicted molar refractivity (Wildman–Crippen MR) is 144 cm³/mol. The number of thiocarbonyl (C=S) groups is 1. The fourth-order valence-corrected chi connectivity index (χ4v) is 3.97. The van der Waals surface area contributed by atoms with E-state index in [1.54, 1.807) is 0 Å². The van der Waals surface area contributed by atoms with Crippen LogP contribution in [0.1, 0.15) is 42.9 Å². The van der Waals surface area contributed by atoms with Crippen molar-refractivity contribution >= 4 is 40.0 Å². The van der Waals surface area contributed by atoms with Crippen LogP contribution in [-0.2, 0) is 4.79 Å². The molecular weight excluding hydrogens is 458 g/mol.